The van der Waals surface area contributed by atoms with E-state index in [1.807, 2.05) is 25.1 Å². The maximum Gasteiger partial charge on any atom is 0.306 e. The third-order valence-corrected chi connectivity index (χ3v) is 4.40. The maximum atomic E-state index is 12.0. The lowest BCUT2D eigenvalue weighted by Crippen LogP contribution is -2.51. The lowest BCUT2D eigenvalue weighted by Gasteiger charge is -2.46. The van der Waals surface area contributed by atoms with E-state index in [-0.39, 0.29) is 5.97 Å². The van der Waals surface area contributed by atoms with Gasteiger partial charge >= 0.3 is 5.97 Å². The zero-order valence-corrected chi connectivity index (χ0v) is 12.8. The van der Waals surface area contributed by atoms with Gasteiger partial charge in [-0.2, -0.15) is 0 Å². The second-order valence-electron chi connectivity index (χ2n) is 5.70. The highest BCUT2D eigenvalue weighted by Gasteiger charge is 2.45. The summed E-state index contributed by atoms with van der Waals surface area (Å²) in [4.78, 5) is 14.3. The van der Waals surface area contributed by atoms with Gasteiger partial charge < -0.3 is 9.64 Å². The van der Waals surface area contributed by atoms with E-state index in [9.17, 15) is 4.79 Å². The number of benzene rings is 1. The fraction of sp³-hybridized carbons (Fsp3) is 0.588. The molecule has 0 N–H and O–H groups in total. The normalized spacial score (nSPS) is 27.2. The number of piperidine rings is 1. The first-order valence-electron chi connectivity index (χ1n) is 7.58. The predicted molar refractivity (Wildman–Crippen MR) is 80.4 cm³/mol. The Morgan fingerprint density at radius 1 is 1.35 bits per heavy atom. The molecule has 1 aromatic carbocycles. The van der Waals surface area contributed by atoms with E-state index in [0.717, 1.165) is 31.5 Å². The molecule has 3 heteroatoms. The minimum atomic E-state index is -0.449. The summed E-state index contributed by atoms with van der Waals surface area (Å²) in [6.45, 7) is 5.98. The van der Waals surface area contributed by atoms with Crippen molar-refractivity contribution >= 4 is 5.97 Å². The van der Waals surface area contributed by atoms with Gasteiger partial charge in [-0.25, -0.2) is 0 Å². The smallest absolute Gasteiger partial charge is 0.306 e. The summed E-state index contributed by atoms with van der Waals surface area (Å²) in [6.07, 6.45) is 2.31. The number of carbonyl (C=O) groups is 1. The van der Waals surface area contributed by atoms with Crippen molar-refractivity contribution in [2.24, 2.45) is 5.92 Å². The van der Waals surface area contributed by atoms with E-state index >= 15 is 0 Å². The van der Waals surface area contributed by atoms with E-state index in [0.29, 0.717) is 12.3 Å². The Morgan fingerprint density at radius 2 is 2.05 bits per heavy atom. The second kappa shape index (κ2) is 6.40. The number of ether oxygens (including phenoxy) is 1. The first-order chi connectivity index (χ1) is 9.62. The van der Waals surface area contributed by atoms with Crippen LogP contribution in [0.1, 0.15) is 38.7 Å². The van der Waals surface area contributed by atoms with Crippen LogP contribution in [0.2, 0.25) is 0 Å². The largest absolute Gasteiger partial charge is 0.454 e. The van der Waals surface area contributed by atoms with Crippen LogP contribution >= 0.6 is 0 Å². The van der Waals surface area contributed by atoms with Gasteiger partial charge in [0.1, 0.15) is 5.60 Å². The van der Waals surface area contributed by atoms with Crippen LogP contribution in [0.25, 0.3) is 0 Å². The summed E-state index contributed by atoms with van der Waals surface area (Å²) in [7, 11) is 2.14. The molecule has 0 aromatic heterocycles. The maximum absolute atomic E-state index is 12.0. The second-order valence-corrected chi connectivity index (χ2v) is 5.70. The molecule has 0 radical (unpaired) electrons. The molecule has 1 heterocycles. The Morgan fingerprint density at radius 3 is 2.65 bits per heavy atom. The molecular weight excluding hydrogens is 250 g/mol. The van der Waals surface area contributed by atoms with Crippen LogP contribution in [0.5, 0.6) is 0 Å². The third kappa shape index (κ3) is 2.88. The fourth-order valence-corrected chi connectivity index (χ4v) is 3.20. The first-order valence-corrected chi connectivity index (χ1v) is 7.58. The number of rotatable bonds is 4. The molecule has 2 atom stereocenters. The molecule has 0 aliphatic carbocycles. The third-order valence-electron chi connectivity index (χ3n) is 4.40. The molecule has 1 fully saturated rings. The van der Waals surface area contributed by atoms with Crippen molar-refractivity contribution in [3.8, 4) is 0 Å². The van der Waals surface area contributed by atoms with Gasteiger partial charge in [0.25, 0.3) is 0 Å². The quantitative estimate of drug-likeness (QED) is 0.790. The number of hydrogen-bond acceptors (Lipinski definition) is 3. The topological polar surface area (TPSA) is 29.5 Å². The summed E-state index contributed by atoms with van der Waals surface area (Å²) >= 11 is 0. The summed E-state index contributed by atoms with van der Waals surface area (Å²) in [6, 6.07) is 10.3. The van der Waals surface area contributed by atoms with Crippen LogP contribution in [0.3, 0.4) is 0 Å². The van der Waals surface area contributed by atoms with Crippen molar-refractivity contribution in [3.63, 3.8) is 0 Å². The number of carbonyl (C=O) groups excluding carboxylic acids is 1. The predicted octanol–water partition coefficient (Wildman–Crippen LogP) is 3.20. The number of esters is 1. The van der Waals surface area contributed by atoms with Gasteiger partial charge in [-0.3, -0.25) is 4.79 Å². The number of likely N-dealkylation sites (tertiary alicyclic amines) is 1. The molecule has 0 unspecified atom stereocenters. The molecule has 1 aromatic rings. The molecule has 0 bridgehead atoms. The zero-order valence-electron chi connectivity index (χ0n) is 12.8. The molecule has 0 amide bonds. The zero-order chi connectivity index (χ0) is 14.6. The van der Waals surface area contributed by atoms with Crippen molar-refractivity contribution in [2.75, 3.05) is 20.1 Å². The minimum Gasteiger partial charge on any atom is -0.454 e. The van der Waals surface area contributed by atoms with Crippen molar-refractivity contribution in [1.29, 1.82) is 0 Å². The van der Waals surface area contributed by atoms with Gasteiger partial charge in [0.05, 0.1) is 0 Å². The highest BCUT2D eigenvalue weighted by Crippen LogP contribution is 2.42. The summed E-state index contributed by atoms with van der Waals surface area (Å²) in [5, 5.41) is 0. The van der Waals surface area contributed by atoms with Crippen molar-refractivity contribution < 1.29 is 9.53 Å². The molecule has 0 saturated carbocycles. The van der Waals surface area contributed by atoms with E-state index in [1.165, 1.54) is 0 Å². The molecule has 2 rings (SSSR count). The van der Waals surface area contributed by atoms with E-state index < -0.39 is 5.60 Å². The molecule has 3 nitrogen and oxygen atoms in total. The van der Waals surface area contributed by atoms with Crippen LogP contribution < -0.4 is 0 Å². The van der Waals surface area contributed by atoms with Gasteiger partial charge in [0.15, 0.2) is 0 Å². The first kappa shape index (κ1) is 15.0. The monoisotopic (exact) mass is 275 g/mol. The van der Waals surface area contributed by atoms with Gasteiger partial charge in [0.2, 0.25) is 0 Å². The molecular formula is C17H25NO2. The standard InChI is InChI=1S/C17H25NO2/c1-4-14-13-18(3)12-11-17(14,20-16(19)5-2)15-9-7-6-8-10-15/h6-10,14H,4-5,11-13H2,1-3H3/t14-,17-/m1/s1. The van der Waals surface area contributed by atoms with E-state index in [4.69, 9.17) is 4.74 Å². The number of nitrogens with zero attached hydrogens (tertiary/aromatic N) is 1. The van der Waals surface area contributed by atoms with Gasteiger partial charge in [-0.05, 0) is 19.0 Å². The van der Waals surface area contributed by atoms with Crippen LogP contribution in [-0.4, -0.2) is 31.0 Å². The molecule has 110 valence electrons. The van der Waals surface area contributed by atoms with Crippen LogP contribution in [0.15, 0.2) is 30.3 Å². The lowest BCUT2D eigenvalue weighted by molar-refractivity contribution is -0.176. The van der Waals surface area contributed by atoms with E-state index in [2.05, 4.69) is 31.0 Å². The molecule has 1 saturated heterocycles. The molecule has 1 aliphatic rings. The van der Waals surface area contributed by atoms with Crippen molar-refractivity contribution in [1.82, 2.24) is 4.90 Å². The highest BCUT2D eigenvalue weighted by molar-refractivity contribution is 5.69. The van der Waals surface area contributed by atoms with E-state index in [1.54, 1.807) is 0 Å². The average molecular weight is 275 g/mol. The Balaban J connectivity index is 2.40. The summed E-state index contributed by atoms with van der Waals surface area (Å²) in [5.74, 6) is 0.246. The Bertz CT molecular complexity index is 446. The minimum absolute atomic E-state index is 0.100. The molecule has 1 aliphatic heterocycles. The summed E-state index contributed by atoms with van der Waals surface area (Å²) in [5.41, 5.74) is 0.692. The Labute approximate surface area is 121 Å². The average Bonchev–Trinajstić information content (AvgIpc) is 2.49. The van der Waals surface area contributed by atoms with Gasteiger partial charge in [-0.1, -0.05) is 44.2 Å². The fourth-order valence-electron chi connectivity index (χ4n) is 3.20. The van der Waals surface area contributed by atoms with Gasteiger partial charge in [-0.15, -0.1) is 0 Å². The van der Waals surface area contributed by atoms with Crippen LogP contribution in [0, 0.1) is 5.92 Å². The molecule has 20 heavy (non-hydrogen) atoms. The van der Waals surface area contributed by atoms with Gasteiger partial charge in [0, 0.05) is 31.8 Å². The van der Waals surface area contributed by atoms with Crippen molar-refractivity contribution in [2.45, 2.75) is 38.7 Å². The van der Waals surface area contributed by atoms with Crippen LogP contribution in [-0.2, 0) is 15.1 Å². The Hall–Kier alpha value is -1.35. The van der Waals surface area contributed by atoms with Crippen LogP contribution in [0.4, 0.5) is 0 Å². The highest BCUT2D eigenvalue weighted by atomic mass is 16.6. The molecule has 0 spiro atoms. The Kier molecular flexibility index (Phi) is 4.81. The lowest BCUT2D eigenvalue weighted by atomic mass is 9.74. The summed E-state index contributed by atoms with van der Waals surface area (Å²) < 4.78 is 6.00. The van der Waals surface area contributed by atoms with Crippen molar-refractivity contribution in [3.05, 3.63) is 35.9 Å². The SMILES string of the molecule is CCC(=O)O[C@]1(c2ccccc2)CCN(C)C[C@H]1CC. The number of hydrogen-bond donors (Lipinski definition) is 0.